The molecule has 0 aromatic heterocycles. The van der Waals surface area contributed by atoms with E-state index in [-0.39, 0.29) is 12.4 Å². The summed E-state index contributed by atoms with van der Waals surface area (Å²) in [5.74, 6) is 4.69. The van der Waals surface area contributed by atoms with Gasteiger partial charge < -0.3 is 24.3 Å². The fraction of sp³-hybridized carbons (Fsp3) is 0.586. The van der Waals surface area contributed by atoms with Gasteiger partial charge in [0.15, 0.2) is 23.0 Å². The number of nitrogens with one attached hydrogen (secondary N) is 1. The van der Waals surface area contributed by atoms with Gasteiger partial charge in [-0.25, -0.2) is 0 Å². The molecule has 0 bridgehead atoms. The highest BCUT2D eigenvalue weighted by Gasteiger charge is 2.40. The van der Waals surface area contributed by atoms with Crippen molar-refractivity contribution in [3.8, 4) is 23.0 Å². The summed E-state index contributed by atoms with van der Waals surface area (Å²) in [6.07, 6.45) is 5.65. The number of ether oxygens (including phenoxy) is 4. The van der Waals surface area contributed by atoms with E-state index < -0.39 is 0 Å². The van der Waals surface area contributed by atoms with Gasteiger partial charge >= 0.3 is 0 Å². The summed E-state index contributed by atoms with van der Waals surface area (Å²) >= 11 is 0. The van der Waals surface area contributed by atoms with Crippen molar-refractivity contribution < 1.29 is 18.9 Å². The highest BCUT2D eigenvalue weighted by Crippen LogP contribution is 2.48. The first-order valence-corrected chi connectivity index (χ1v) is 13.1. The largest absolute Gasteiger partial charge is 0.493 e. The van der Waals surface area contributed by atoms with Gasteiger partial charge in [0.25, 0.3) is 0 Å². The summed E-state index contributed by atoms with van der Waals surface area (Å²) in [4.78, 5) is 2.72. The standard InChI is InChI=1S/C29H40N2O4.ClH/c1-6-18-17-31-10-8-20-14-27(33-3)29(35-5)16-23(20)25(31)12-21(18)11-24-22-15-28(34-4)26(32-2)13-19(22)7-9-30-24;/h13-16,18,21,24-25,30H,6-12,17H2,1-5H3;1H/t18-,21-,24+,25-;/m1./s1. The van der Waals surface area contributed by atoms with Crippen molar-refractivity contribution in [2.75, 3.05) is 48.1 Å². The van der Waals surface area contributed by atoms with Gasteiger partial charge in [-0.2, -0.15) is 0 Å². The average Bonchev–Trinajstić information content (AvgIpc) is 2.91. The molecule has 0 amide bonds. The summed E-state index contributed by atoms with van der Waals surface area (Å²) in [5.41, 5.74) is 5.60. The highest BCUT2D eigenvalue weighted by atomic mass is 35.5. The molecule has 0 unspecified atom stereocenters. The van der Waals surface area contributed by atoms with E-state index in [9.17, 15) is 0 Å². The molecular weight excluding hydrogens is 476 g/mol. The molecule has 2 aromatic rings. The number of nitrogens with zero attached hydrogens (tertiary/aromatic N) is 1. The molecule has 1 N–H and O–H groups in total. The third kappa shape index (κ3) is 4.88. The molecule has 2 aromatic carbocycles. The second kappa shape index (κ2) is 11.5. The molecular formula is C29H41ClN2O4. The summed E-state index contributed by atoms with van der Waals surface area (Å²) in [6, 6.07) is 9.61. The van der Waals surface area contributed by atoms with E-state index in [4.69, 9.17) is 18.9 Å². The van der Waals surface area contributed by atoms with Crippen LogP contribution in [0.2, 0.25) is 0 Å². The quantitative estimate of drug-likeness (QED) is 0.534. The molecule has 0 spiro atoms. The molecule has 0 radical (unpaired) electrons. The van der Waals surface area contributed by atoms with E-state index in [1.807, 2.05) is 0 Å². The number of hydrogen-bond acceptors (Lipinski definition) is 6. The first-order valence-electron chi connectivity index (χ1n) is 13.1. The minimum Gasteiger partial charge on any atom is -0.493 e. The molecule has 7 heteroatoms. The molecule has 0 saturated carbocycles. The van der Waals surface area contributed by atoms with Crippen LogP contribution in [0, 0.1) is 11.8 Å². The zero-order chi connectivity index (χ0) is 24.5. The lowest BCUT2D eigenvalue weighted by Gasteiger charge is -2.48. The number of piperidine rings is 1. The van der Waals surface area contributed by atoms with Crippen LogP contribution in [0.4, 0.5) is 0 Å². The van der Waals surface area contributed by atoms with Crippen LogP contribution < -0.4 is 24.3 Å². The normalized spacial score (nSPS) is 25.0. The third-order valence-corrected chi connectivity index (χ3v) is 8.64. The Morgan fingerprint density at radius 3 is 2.00 bits per heavy atom. The molecule has 5 rings (SSSR count). The van der Waals surface area contributed by atoms with E-state index in [2.05, 4.69) is 41.4 Å². The second-order valence-corrected chi connectivity index (χ2v) is 10.2. The molecule has 6 nitrogen and oxygen atoms in total. The van der Waals surface area contributed by atoms with E-state index in [0.29, 0.717) is 23.9 Å². The summed E-state index contributed by atoms with van der Waals surface area (Å²) in [6.45, 7) is 5.66. The molecule has 1 fully saturated rings. The van der Waals surface area contributed by atoms with Gasteiger partial charge in [0.1, 0.15) is 0 Å². The van der Waals surface area contributed by atoms with Gasteiger partial charge in [0.05, 0.1) is 28.4 Å². The van der Waals surface area contributed by atoms with Gasteiger partial charge in [0.2, 0.25) is 0 Å². The van der Waals surface area contributed by atoms with Gasteiger partial charge in [-0.3, -0.25) is 4.90 Å². The van der Waals surface area contributed by atoms with Gasteiger partial charge in [-0.05, 0) is 90.6 Å². The maximum atomic E-state index is 5.68. The maximum Gasteiger partial charge on any atom is 0.161 e. The Balaban J connectivity index is 0.00000304. The van der Waals surface area contributed by atoms with Crippen LogP contribution in [0.25, 0.3) is 0 Å². The molecule has 198 valence electrons. The highest BCUT2D eigenvalue weighted by molar-refractivity contribution is 5.85. The Bertz CT molecular complexity index is 1060. The monoisotopic (exact) mass is 516 g/mol. The Hall–Kier alpha value is -2.15. The number of hydrogen-bond donors (Lipinski definition) is 1. The second-order valence-electron chi connectivity index (χ2n) is 10.2. The van der Waals surface area contributed by atoms with Gasteiger partial charge in [0, 0.05) is 25.2 Å². The predicted octanol–water partition coefficient (Wildman–Crippen LogP) is 5.37. The minimum atomic E-state index is 0. The first-order chi connectivity index (χ1) is 17.1. The summed E-state index contributed by atoms with van der Waals surface area (Å²) < 4.78 is 22.5. The average molecular weight is 517 g/mol. The van der Waals surface area contributed by atoms with Crippen LogP contribution in [0.5, 0.6) is 23.0 Å². The van der Waals surface area contributed by atoms with Gasteiger partial charge in [-0.15, -0.1) is 12.4 Å². The van der Waals surface area contributed by atoms with E-state index in [1.165, 1.54) is 41.6 Å². The van der Waals surface area contributed by atoms with E-state index >= 15 is 0 Å². The number of halogens is 1. The molecule has 1 saturated heterocycles. The van der Waals surface area contributed by atoms with Crippen molar-refractivity contribution in [2.24, 2.45) is 11.8 Å². The molecule has 3 aliphatic rings. The Morgan fingerprint density at radius 1 is 0.806 bits per heavy atom. The Labute approximate surface area is 222 Å². The van der Waals surface area contributed by atoms with E-state index in [0.717, 1.165) is 55.4 Å². The zero-order valence-corrected chi connectivity index (χ0v) is 23.1. The lowest BCUT2D eigenvalue weighted by atomic mass is 9.72. The van der Waals surface area contributed by atoms with Crippen molar-refractivity contribution in [2.45, 2.75) is 51.1 Å². The van der Waals surface area contributed by atoms with Crippen molar-refractivity contribution in [1.29, 1.82) is 0 Å². The van der Waals surface area contributed by atoms with Crippen molar-refractivity contribution >= 4 is 12.4 Å². The van der Waals surface area contributed by atoms with Crippen molar-refractivity contribution in [3.63, 3.8) is 0 Å². The number of benzene rings is 2. The minimum absolute atomic E-state index is 0. The number of fused-ring (bicyclic) bond motifs is 4. The van der Waals surface area contributed by atoms with Crippen LogP contribution in [0.3, 0.4) is 0 Å². The number of rotatable bonds is 7. The summed E-state index contributed by atoms with van der Waals surface area (Å²) in [7, 11) is 6.90. The van der Waals surface area contributed by atoms with E-state index in [1.54, 1.807) is 28.4 Å². The third-order valence-electron chi connectivity index (χ3n) is 8.64. The maximum absolute atomic E-state index is 5.68. The molecule has 3 aliphatic heterocycles. The van der Waals surface area contributed by atoms with Crippen LogP contribution in [-0.2, 0) is 12.8 Å². The zero-order valence-electron chi connectivity index (χ0n) is 22.3. The van der Waals surface area contributed by atoms with Gasteiger partial charge in [-0.1, -0.05) is 13.3 Å². The van der Waals surface area contributed by atoms with Crippen LogP contribution in [-0.4, -0.2) is 53.0 Å². The lowest BCUT2D eigenvalue weighted by Crippen LogP contribution is -2.46. The topological polar surface area (TPSA) is 52.2 Å². The smallest absolute Gasteiger partial charge is 0.161 e. The van der Waals surface area contributed by atoms with Crippen LogP contribution in [0.15, 0.2) is 24.3 Å². The van der Waals surface area contributed by atoms with Crippen LogP contribution >= 0.6 is 12.4 Å². The number of methoxy groups -OCH3 is 4. The molecule has 0 aliphatic carbocycles. The molecule has 4 atom stereocenters. The SMILES string of the molecule is CC[C@@H]1CN2CCc3cc(OC)c(OC)cc3[C@H]2C[C@H]1C[C@@H]1NCCc2cc(OC)c(OC)cc21.Cl. The fourth-order valence-corrected chi connectivity index (χ4v) is 6.74. The molecule has 3 heterocycles. The fourth-order valence-electron chi connectivity index (χ4n) is 6.74. The van der Waals surface area contributed by atoms with Crippen molar-refractivity contribution in [3.05, 3.63) is 46.5 Å². The molecule has 36 heavy (non-hydrogen) atoms. The Morgan fingerprint density at radius 2 is 1.39 bits per heavy atom. The lowest BCUT2D eigenvalue weighted by molar-refractivity contribution is 0.0434. The van der Waals surface area contributed by atoms with Crippen molar-refractivity contribution in [1.82, 2.24) is 10.2 Å². The Kier molecular flexibility index (Phi) is 8.59. The summed E-state index contributed by atoms with van der Waals surface area (Å²) in [5, 5.41) is 3.83. The van der Waals surface area contributed by atoms with Crippen LogP contribution in [0.1, 0.15) is 60.5 Å². The predicted molar refractivity (Wildman–Crippen MR) is 145 cm³/mol. The first kappa shape index (κ1) is 26.9.